The largest absolute Gasteiger partial charge is 0.414 e. The van der Waals surface area contributed by atoms with Gasteiger partial charge in [-0.2, -0.15) is 0 Å². The molecule has 0 aliphatic carbocycles. The summed E-state index contributed by atoms with van der Waals surface area (Å²) in [7, 11) is -0.536. The van der Waals surface area contributed by atoms with Crippen LogP contribution >= 0.6 is 0 Å². The van der Waals surface area contributed by atoms with Gasteiger partial charge in [0.25, 0.3) is 0 Å². The fraction of sp³-hybridized carbons (Fsp3) is 0.615. The number of aryl methyl sites for hydroxylation is 1. The molecule has 0 aliphatic rings. The van der Waals surface area contributed by atoms with E-state index in [1.165, 1.54) is 0 Å². The van der Waals surface area contributed by atoms with E-state index in [0.717, 1.165) is 11.3 Å². The lowest BCUT2D eigenvalue weighted by Crippen LogP contribution is -2.27. The van der Waals surface area contributed by atoms with Crippen molar-refractivity contribution in [1.82, 2.24) is 4.98 Å². The molecule has 16 heavy (non-hydrogen) atoms. The van der Waals surface area contributed by atoms with Crippen molar-refractivity contribution in [3.05, 3.63) is 29.6 Å². The van der Waals surface area contributed by atoms with Crippen LogP contribution < -0.4 is 0 Å². The molecule has 3 heteroatoms. The Kier molecular flexibility index (Phi) is 3.91. The van der Waals surface area contributed by atoms with Crippen LogP contribution in [0.4, 0.5) is 0 Å². The highest BCUT2D eigenvalue weighted by Crippen LogP contribution is 2.28. The van der Waals surface area contributed by atoms with Gasteiger partial charge < -0.3 is 4.43 Å². The van der Waals surface area contributed by atoms with E-state index in [1.54, 1.807) is 0 Å². The molecule has 0 N–H and O–H groups in total. The molecule has 0 unspecified atom stereocenters. The summed E-state index contributed by atoms with van der Waals surface area (Å²) in [6.07, 6.45) is 1.92. The van der Waals surface area contributed by atoms with Crippen molar-refractivity contribution in [1.29, 1.82) is 0 Å². The van der Waals surface area contributed by atoms with Gasteiger partial charge in [0.05, 0.1) is 5.60 Å². The van der Waals surface area contributed by atoms with Crippen LogP contribution in [0.15, 0.2) is 18.3 Å². The summed E-state index contributed by atoms with van der Waals surface area (Å²) in [5.74, 6) is 0. The van der Waals surface area contributed by atoms with Crippen LogP contribution in [0.2, 0.25) is 5.04 Å². The second kappa shape index (κ2) is 4.68. The molecule has 0 atom stereocenters. The van der Waals surface area contributed by atoms with Crippen molar-refractivity contribution in [2.24, 2.45) is 0 Å². The minimum Gasteiger partial charge on any atom is -0.414 e. The van der Waals surface area contributed by atoms with Crippen molar-refractivity contribution in [2.75, 3.05) is 0 Å². The number of hydrogen-bond donors (Lipinski definition) is 0. The number of pyridine rings is 1. The minimum atomic E-state index is -0.536. The quantitative estimate of drug-likeness (QED) is 0.754. The number of aromatic nitrogens is 1. The average molecular weight is 237 g/mol. The van der Waals surface area contributed by atoms with E-state index in [-0.39, 0.29) is 5.60 Å². The monoisotopic (exact) mass is 237 g/mol. The van der Waals surface area contributed by atoms with Crippen molar-refractivity contribution >= 4 is 9.76 Å². The van der Waals surface area contributed by atoms with Gasteiger partial charge in [-0.3, -0.25) is 4.98 Å². The van der Waals surface area contributed by atoms with Crippen LogP contribution in [0.1, 0.15) is 45.9 Å². The Bertz CT molecular complexity index is 338. The maximum atomic E-state index is 6.12. The van der Waals surface area contributed by atoms with Gasteiger partial charge in [0.2, 0.25) is 0 Å². The molecular weight excluding hydrogens is 214 g/mol. The van der Waals surface area contributed by atoms with Gasteiger partial charge in [0, 0.05) is 17.5 Å². The van der Waals surface area contributed by atoms with Crippen LogP contribution in [0.5, 0.6) is 0 Å². The molecule has 2 nitrogen and oxygen atoms in total. The van der Waals surface area contributed by atoms with Crippen molar-refractivity contribution in [2.45, 2.75) is 52.2 Å². The normalized spacial score (nSPS) is 13.6. The molecule has 0 amide bonds. The zero-order chi connectivity index (χ0) is 12.4. The van der Waals surface area contributed by atoms with E-state index in [1.807, 2.05) is 19.2 Å². The molecule has 0 aliphatic heterocycles. The first-order valence-corrected chi connectivity index (χ1v) is 7.06. The van der Waals surface area contributed by atoms with Crippen LogP contribution in [0, 0.1) is 6.92 Å². The molecule has 1 aromatic heterocycles. The van der Waals surface area contributed by atoms with Gasteiger partial charge in [0.1, 0.15) is 0 Å². The Labute approximate surface area is 101 Å². The maximum Gasteiger partial charge on any atom is 0.168 e. The third-order valence-corrected chi connectivity index (χ3v) is 4.20. The second-order valence-electron chi connectivity index (χ2n) is 6.05. The Hall–Kier alpha value is -0.673. The van der Waals surface area contributed by atoms with E-state index >= 15 is 0 Å². The lowest BCUT2D eigenvalue weighted by molar-refractivity contribution is 0.109. The van der Waals surface area contributed by atoms with Gasteiger partial charge >= 0.3 is 0 Å². The molecule has 90 valence electrons. The third-order valence-electron chi connectivity index (χ3n) is 2.47. The van der Waals surface area contributed by atoms with E-state index in [4.69, 9.17) is 4.43 Å². The first kappa shape index (κ1) is 13.4. The van der Waals surface area contributed by atoms with Gasteiger partial charge in [0.15, 0.2) is 9.76 Å². The SMILES string of the molecule is Cc1ccc(C(C)(C)O[SiH2]C(C)(C)C)cn1. The Morgan fingerprint density at radius 2 is 1.75 bits per heavy atom. The van der Waals surface area contributed by atoms with Crippen LogP contribution in [-0.4, -0.2) is 14.7 Å². The Morgan fingerprint density at radius 1 is 1.12 bits per heavy atom. The predicted molar refractivity (Wildman–Crippen MR) is 71.3 cm³/mol. The summed E-state index contributed by atoms with van der Waals surface area (Å²) >= 11 is 0. The molecular formula is C13H23NOSi. The second-order valence-corrected chi connectivity index (χ2v) is 8.75. The highest BCUT2D eigenvalue weighted by molar-refractivity contribution is 6.31. The minimum absolute atomic E-state index is 0.208. The van der Waals surface area contributed by atoms with Crippen molar-refractivity contribution in [3.63, 3.8) is 0 Å². The summed E-state index contributed by atoms with van der Waals surface area (Å²) in [6, 6.07) is 4.15. The summed E-state index contributed by atoms with van der Waals surface area (Å²) in [4.78, 5) is 4.33. The first-order valence-electron chi connectivity index (χ1n) is 5.78. The molecule has 0 saturated carbocycles. The van der Waals surface area contributed by atoms with Gasteiger partial charge in [-0.1, -0.05) is 26.8 Å². The zero-order valence-electron chi connectivity index (χ0n) is 11.3. The Morgan fingerprint density at radius 3 is 2.19 bits per heavy atom. The fourth-order valence-electron chi connectivity index (χ4n) is 1.30. The lowest BCUT2D eigenvalue weighted by atomic mass is 10.0. The molecule has 1 rings (SSSR count). The van der Waals surface area contributed by atoms with Crippen LogP contribution in [-0.2, 0) is 10.0 Å². The molecule has 0 bridgehead atoms. The molecule has 1 heterocycles. The topological polar surface area (TPSA) is 22.1 Å². The molecule has 0 aromatic carbocycles. The van der Waals surface area contributed by atoms with Crippen LogP contribution in [0.3, 0.4) is 0 Å². The van der Waals surface area contributed by atoms with E-state index in [0.29, 0.717) is 5.04 Å². The summed E-state index contributed by atoms with van der Waals surface area (Å²) in [6.45, 7) is 13.0. The smallest absolute Gasteiger partial charge is 0.168 e. The highest BCUT2D eigenvalue weighted by Gasteiger charge is 2.24. The summed E-state index contributed by atoms with van der Waals surface area (Å²) in [5, 5.41) is 0.329. The average Bonchev–Trinajstić information content (AvgIpc) is 2.15. The molecule has 1 aromatic rings. The van der Waals surface area contributed by atoms with Crippen molar-refractivity contribution in [3.8, 4) is 0 Å². The molecule has 0 radical (unpaired) electrons. The Balaban J connectivity index is 2.73. The van der Waals surface area contributed by atoms with Crippen LogP contribution in [0.25, 0.3) is 0 Å². The van der Waals surface area contributed by atoms with E-state index in [2.05, 4.69) is 45.7 Å². The maximum absolute atomic E-state index is 6.12. The van der Waals surface area contributed by atoms with E-state index in [9.17, 15) is 0 Å². The van der Waals surface area contributed by atoms with Crippen molar-refractivity contribution < 1.29 is 4.43 Å². The van der Waals surface area contributed by atoms with Gasteiger partial charge in [-0.25, -0.2) is 0 Å². The van der Waals surface area contributed by atoms with E-state index < -0.39 is 9.76 Å². The fourth-order valence-corrected chi connectivity index (χ4v) is 2.26. The number of rotatable bonds is 3. The lowest BCUT2D eigenvalue weighted by Gasteiger charge is -2.30. The third kappa shape index (κ3) is 4.06. The summed E-state index contributed by atoms with van der Waals surface area (Å²) in [5.41, 5.74) is 2.00. The number of nitrogens with zero attached hydrogens (tertiary/aromatic N) is 1. The molecule has 0 spiro atoms. The van der Waals surface area contributed by atoms with Gasteiger partial charge in [-0.15, -0.1) is 0 Å². The first-order chi connectivity index (χ1) is 7.21. The molecule has 0 saturated heterocycles. The zero-order valence-corrected chi connectivity index (χ0v) is 12.7. The van der Waals surface area contributed by atoms with Gasteiger partial charge in [-0.05, 0) is 31.9 Å². The summed E-state index contributed by atoms with van der Waals surface area (Å²) < 4.78 is 6.12. The standard InChI is InChI=1S/C13H23NOSi/c1-10-7-8-11(9-14-10)13(5,6)15-16-12(2,3)4/h7-9H,16H2,1-6H3. The highest BCUT2D eigenvalue weighted by atomic mass is 28.2. The predicted octanol–water partition coefficient (Wildman–Crippen LogP) is 2.94. The molecule has 0 fully saturated rings. The number of hydrogen-bond acceptors (Lipinski definition) is 2.